The predicted octanol–water partition coefficient (Wildman–Crippen LogP) is 4.30. The molecule has 1 unspecified atom stereocenters. The fourth-order valence-corrected chi connectivity index (χ4v) is 3.41. The maximum Gasteiger partial charge on any atom is 0.244 e. The van der Waals surface area contributed by atoms with E-state index in [0.29, 0.717) is 5.54 Å². The lowest BCUT2D eigenvalue weighted by atomic mass is 10.3. The van der Waals surface area contributed by atoms with Gasteiger partial charge in [0.15, 0.2) is 5.88 Å². The van der Waals surface area contributed by atoms with Gasteiger partial charge in [0.05, 0.1) is 21.3 Å². The lowest BCUT2D eigenvalue weighted by Gasteiger charge is -2.34. The summed E-state index contributed by atoms with van der Waals surface area (Å²) in [5.41, 5.74) is 0.673. The van der Waals surface area contributed by atoms with Crippen molar-refractivity contribution < 1.29 is 9.16 Å². The van der Waals surface area contributed by atoms with Crippen LogP contribution in [-0.2, 0) is 9.16 Å². The minimum absolute atomic E-state index is 0.673. The molecule has 0 aromatic rings. The van der Waals surface area contributed by atoms with Gasteiger partial charge in [-0.1, -0.05) is 38.7 Å². The molecule has 1 atom stereocenters. The zero-order valence-electron chi connectivity index (χ0n) is 14.9. The molecule has 1 rings (SSSR count). The summed E-state index contributed by atoms with van der Waals surface area (Å²) in [5.74, 6) is 1.02. The maximum absolute atomic E-state index is 6.28. The summed E-state index contributed by atoms with van der Waals surface area (Å²) in [4.78, 5) is 2.31. The summed E-state index contributed by atoms with van der Waals surface area (Å²) >= 11 is 0. The molecule has 1 aliphatic rings. The molecule has 0 spiro atoms. The lowest BCUT2D eigenvalue weighted by molar-refractivity contribution is 0.0340. The number of ether oxygens (including phenoxy) is 1. The Morgan fingerprint density at radius 3 is 2.14 bits per heavy atom. The number of hydrogen-bond donors (Lipinski definition) is 0. The minimum Gasteiger partial charge on any atom is -0.533 e. The van der Waals surface area contributed by atoms with Gasteiger partial charge < -0.3 is 14.1 Å². The predicted molar refractivity (Wildman–Crippen MR) is 96.8 cm³/mol. The molecular formula is C16H33NO2Si2. The number of morpholine rings is 1. The van der Waals surface area contributed by atoms with Gasteiger partial charge in [0, 0.05) is 13.1 Å². The highest BCUT2D eigenvalue weighted by Crippen LogP contribution is 2.22. The van der Waals surface area contributed by atoms with Gasteiger partial charge in [-0.15, -0.1) is 0 Å². The van der Waals surface area contributed by atoms with Crippen molar-refractivity contribution in [3.05, 3.63) is 24.1 Å². The third-order valence-electron chi connectivity index (χ3n) is 3.74. The summed E-state index contributed by atoms with van der Waals surface area (Å²) < 4.78 is 11.7. The summed E-state index contributed by atoms with van der Waals surface area (Å²) in [5, 5.41) is 0. The molecule has 0 N–H and O–H groups in total. The molecule has 1 aliphatic heterocycles. The van der Waals surface area contributed by atoms with Crippen LogP contribution in [-0.4, -0.2) is 47.6 Å². The van der Waals surface area contributed by atoms with Crippen LogP contribution in [0.5, 0.6) is 0 Å². The first kappa shape index (κ1) is 18.5. The van der Waals surface area contributed by atoms with Crippen molar-refractivity contribution in [2.75, 3.05) is 26.3 Å². The molecule has 3 nitrogen and oxygen atoms in total. The number of hydrogen-bond acceptors (Lipinski definition) is 3. The third kappa shape index (κ3) is 7.33. The second-order valence-electron chi connectivity index (χ2n) is 7.86. The quantitative estimate of drug-likeness (QED) is 0.412. The van der Waals surface area contributed by atoms with Crippen molar-refractivity contribution in [2.24, 2.45) is 0 Å². The van der Waals surface area contributed by atoms with Crippen LogP contribution >= 0.6 is 0 Å². The normalized spacial score (nSPS) is 20.0. The first-order chi connectivity index (χ1) is 9.59. The van der Waals surface area contributed by atoms with E-state index in [4.69, 9.17) is 9.16 Å². The molecule has 0 amide bonds. The fourth-order valence-electron chi connectivity index (χ4n) is 1.89. The van der Waals surface area contributed by atoms with E-state index in [1.54, 1.807) is 0 Å². The highest BCUT2D eigenvalue weighted by molar-refractivity contribution is 6.77. The van der Waals surface area contributed by atoms with Gasteiger partial charge in [0.2, 0.25) is 8.32 Å². The monoisotopic (exact) mass is 327 g/mol. The van der Waals surface area contributed by atoms with Crippen molar-refractivity contribution in [2.45, 2.75) is 51.7 Å². The highest BCUT2D eigenvalue weighted by atomic mass is 28.4. The topological polar surface area (TPSA) is 21.7 Å². The van der Waals surface area contributed by atoms with Crippen molar-refractivity contribution in [3.8, 4) is 0 Å². The summed E-state index contributed by atoms with van der Waals surface area (Å²) in [6.07, 6.45) is 6.67. The van der Waals surface area contributed by atoms with E-state index >= 15 is 0 Å². The molecule has 0 radical (unpaired) electrons. The molecule has 1 heterocycles. The molecule has 5 heteroatoms. The van der Waals surface area contributed by atoms with E-state index in [2.05, 4.69) is 69.3 Å². The Balaban J connectivity index is 2.79. The SMILES string of the molecule is CC(C=CC=C(O[Si](C)(C)C)N1CCOCC1)[Si](C)(C)C. The Hall–Kier alpha value is -0.526. The number of rotatable bonds is 6. The Kier molecular flexibility index (Phi) is 6.75. The number of nitrogens with zero attached hydrogens (tertiary/aromatic N) is 1. The van der Waals surface area contributed by atoms with Crippen molar-refractivity contribution in [1.29, 1.82) is 0 Å². The maximum atomic E-state index is 6.28. The van der Waals surface area contributed by atoms with Gasteiger partial charge >= 0.3 is 0 Å². The Labute approximate surface area is 133 Å². The first-order valence-corrected chi connectivity index (χ1v) is 15.0. The summed E-state index contributed by atoms with van der Waals surface area (Å²) in [7, 11) is -2.69. The second-order valence-corrected chi connectivity index (χ2v) is 17.9. The molecule has 0 bridgehead atoms. The van der Waals surface area contributed by atoms with Crippen LogP contribution in [0.4, 0.5) is 0 Å². The van der Waals surface area contributed by atoms with E-state index < -0.39 is 16.4 Å². The molecule has 0 aliphatic carbocycles. The van der Waals surface area contributed by atoms with E-state index in [1.165, 1.54) is 0 Å². The van der Waals surface area contributed by atoms with Crippen LogP contribution in [0.3, 0.4) is 0 Å². The van der Waals surface area contributed by atoms with Gasteiger partial charge in [-0.25, -0.2) is 0 Å². The third-order valence-corrected chi connectivity index (χ3v) is 7.48. The molecule has 0 aromatic heterocycles. The van der Waals surface area contributed by atoms with Gasteiger partial charge in [0.25, 0.3) is 0 Å². The highest BCUT2D eigenvalue weighted by Gasteiger charge is 2.23. The zero-order chi connectivity index (χ0) is 16.1. The van der Waals surface area contributed by atoms with Gasteiger partial charge in [0.1, 0.15) is 0 Å². The van der Waals surface area contributed by atoms with E-state index in [-0.39, 0.29) is 0 Å². The number of allylic oxidation sites excluding steroid dienone is 3. The van der Waals surface area contributed by atoms with Crippen molar-refractivity contribution in [3.63, 3.8) is 0 Å². The van der Waals surface area contributed by atoms with Crippen LogP contribution in [0, 0.1) is 0 Å². The van der Waals surface area contributed by atoms with Crippen molar-refractivity contribution >= 4 is 16.4 Å². The Morgan fingerprint density at radius 2 is 1.67 bits per heavy atom. The molecular weight excluding hydrogens is 294 g/mol. The largest absolute Gasteiger partial charge is 0.533 e. The standard InChI is InChI=1S/C16H33NO2Si2/c1-15(20(2,3)4)9-8-10-16(19-21(5,6)7)17-11-13-18-14-12-17/h8-10,15H,11-14H2,1-7H3. The van der Waals surface area contributed by atoms with E-state index in [9.17, 15) is 0 Å². The average Bonchev–Trinajstić information content (AvgIpc) is 2.36. The van der Waals surface area contributed by atoms with E-state index in [0.717, 1.165) is 32.2 Å². The lowest BCUT2D eigenvalue weighted by Crippen LogP contribution is -2.39. The van der Waals surface area contributed by atoms with Crippen LogP contribution in [0.15, 0.2) is 24.1 Å². The van der Waals surface area contributed by atoms with Gasteiger partial charge in [-0.2, -0.15) is 0 Å². The van der Waals surface area contributed by atoms with E-state index in [1.807, 2.05) is 0 Å². The summed E-state index contributed by atoms with van der Waals surface area (Å²) in [6, 6.07) is 0. The Morgan fingerprint density at radius 1 is 1.10 bits per heavy atom. The van der Waals surface area contributed by atoms with Crippen LogP contribution in [0.1, 0.15) is 6.92 Å². The molecule has 0 aromatic carbocycles. The zero-order valence-corrected chi connectivity index (χ0v) is 16.9. The molecule has 1 fully saturated rings. The first-order valence-electron chi connectivity index (χ1n) is 8.00. The smallest absolute Gasteiger partial charge is 0.244 e. The molecule has 1 saturated heterocycles. The van der Waals surface area contributed by atoms with Gasteiger partial charge in [-0.3, -0.25) is 0 Å². The average molecular weight is 328 g/mol. The molecule has 21 heavy (non-hydrogen) atoms. The van der Waals surface area contributed by atoms with Crippen LogP contribution < -0.4 is 0 Å². The fraction of sp³-hybridized carbons (Fsp3) is 0.750. The molecule has 122 valence electrons. The molecule has 0 saturated carbocycles. The Bertz CT molecular complexity index is 375. The van der Waals surface area contributed by atoms with Crippen LogP contribution in [0.25, 0.3) is 0 Å². The summed E-state index contributed by atoms with van der Waals surface area (Å²) in [6.45, 7) is 19.7. The van der Waals surface area contributed by atoms with Gasteiger partial charge in [-0.05, 0) is 31.3 Å². The van der Waals surface area contributed by atoms with Crippen molar-refractivity contribution in [1.82, 2.24) is 4.90 Å². The minimum atomic E-state index is -1.59. The second kappa shape index (κ2) is 7.65. The van der Waals surface area contributed by atoms with Crippen LogP contribution in [0.2, 0.25) is 44.8 Å².